The van der Waals surface area contributed by atoms with Crippen LogP contribution in [0.3, 0.4) is 0 Å². The van der Waals surface area contributed by atoms with E-state index in [4.69, 9.17) is 4.74 Å². The number of nitrogens with zero attached hydrogens (tertiary/aromatic N) is 1. The Morgan fingerprint density at radius 2 is 2.11 bits per heavy atom. The zero-order valence-electron chi connectivity index (χ0n) is 12.2. The molecule has 1 N–H and O–H groups in total. The lowest BCUT2D eigenvalue weighted by molar-refractivity contribution is 0.102. The van der Waals surface area contributed by atoms with E-state index in [2.05, 4.69) is 41.5 Å². The first-order valence-electron chi connectivity index (χ1n) is 7.26. The standard InChI is InChI=1S/C16H26N2O/c1-17-11-15-4-3-5-16(10-15)12-18(2)8-9-19-13-14-6-7-14/h3-5,10,14,17H,6-9,11-13H2,1-2H3. The topological polar surface area (TPSA) is 24.5 Å². The van der Waals surface area contributed by atoms with Gasteiger partial charge in [-0.2, -0.15) is 0 Å². The van der Waals surface area contributed by atoms with E-state index in [9.17, 15) is 0 Å². The lowest BCUT2D eigenvalue weighted by Crippen LogP contribution is -2.23. The minimum Gasteiger partial charge on any atom is -0.380 e. The normalized spacial score (nSPS) is 15.1. The van der Waals surface area contributed by atoms with Crippen molar-refractivity contribution in [3.8, 4) is 0 Å². The molecule has 0 aromatic heterocycles. The Labute approximate surface area is 116 Å². The highest BCUT2D eigenvalue weighted by molar-refractivity contribution is 5.23. The van der Waals surface area contributed by atoms with Gasteiger partial charge in [-0.25, -0.2) is 0 Å². The summed E-state index contributed by atoms with van der Waals surface area (Å²) in [5.74, 6) is 0.864. The van der Waals surface area contributed by atoms with Gasteiger partial charge in [0.2, 0.25) is 0 Å². The molecule has 3 nitrogen and oxygen atoms in total. The van der Waals surface area contributed by atoms with Gasteiger partial charge in [0, 0.05) is 26.2 Å². The van der Waals surface area contributed by atoms with Crippen molar-refractivity contribution in [3.63, 3.8) is 0 Å². The summed E-state index contributed by atoms with van der Waals surface area (Å²) in [4.78, 5) is 2.32. The Morgan fingerprint density at radius 1 is 1.32 bits per heavy atom. The van der Waals surface area contributed by atoms with Crippen molar-refractivity contribution in [1.82, 2.24) is 10.2 Å². The highest BCUT2D eigenvalue weighted by atomic mass is 16.5. The molecule has 0 saturated heterocycles. The molecule has 0 unspecified atom stereocenters. The fourth-order valence-corrected chi connectivity index (χ4v) is 2.19. The summed E-state index contributed by atoms with van der Waals surface area (Å²) in [6.07, 6.45) is 2.74. The second kappa shape index (κ2) is 7.63. The molecule has 0 atom stereocenters. The summed E-state index contributed by atoms with van der Waals surface area (Å²) in [6, 6.07) is 8.77. The maximum absolute atomic E-state index is 5.68. The number of benzene rings is 1. The van der Waals surface area contributed by atoms with Crippen LogP contribution in [0.2, 0.25) is 0 Å². The van der Waals surface area contributed by atoms with Crippen molar-refractivity contribution >= 4 is 0 Å². The molecule has 106 valence electrons. The lowest BCUT2D eigenvalue weighted by atomic mass is 10.1. The van der Waals surface area contributed by atoms with Gasteiger partial charge in [0.15, 0.2) is 0 Å². The maximum Gasteiger partial charge on any atom is 0.0593 e. The van der Waals surface area contributed by atoms with Crippen molar-refractivity contribution in [2.45, 2.75) is 25.9 Å². The molecule has 1 aromatic carbocycles. The van der Waals surface area contributed by atoms with Crippen LogP contribution in [0.15, 0.2) is 24.3 Å². The smallest absolute Gasteiger partial charge is 0.0593 e. The van der Waals surface area contributed by atoms with Gasteiger partial charge in [0.25, 0.3) is 0 Å². The number of ether oxygens (including phenoxy) is 1. The van der Waals surface area contributed by atoms with Crippen LogP contribution in [0, 0.1) is 5.92 Å². The Balaban J connectivity index is 1.67. The number of rotatable bonds is 9. The highest BCUT2D eigenvalue weighted by Gasteiger charge is 2.20. The van der Waals surface area contributed by atoms with Crippen LogP contribution in [0.25, 0.3) is 0 Å². The fraction of sp³-hybridized carbons (Fsp3) is 0.625. The second-order valence-electron chi connectivity index (χ2n) is 5.61. The van der Waals surface area contributed by atoms with E-state index in [0.29, 0.717) is 0 Å². The molecule has 19 heavy (non-hydrogen) atoms. The number of likely N-dealkylation sites (N-methyl/N-ethyl adjacent to an activating group) is 1. The summed E-state index contributed by atoms with van der Waals surface area (Å²) >= 11 is 0. The number of hydrogen-bond acceptors (Lipinski definition) is 3. The van der Waals surface area contributed by atoms with Crippen molar-refractivity contribution in [3.05, 3.63) is 35.4 Å². The molecule has 1 aliphatic carbocycles. The second-order valence-corrected chi connectivity index (χ2v) is 5.61. The predicted octanol–water partition coefficient (Wildman–Crippen LogP) is 2.26. The van der Waals surface area contributed by atoms with Gasteiger partial charge in [-0.3, -0.25) is 4.90 Å². The van der Waals surface area contributed by atoms with Crippen LogP contribution in [-0.2, 0) is 17.8 Å². The first-order valence-corrected chi connectivity index (χ1v) is 7.26. The summed E-state index contributed by atoms with van der Waals surface area (Å²) in [5, 5.41) is 3.19. The Hall–Kier alpha value is -0.900. The minimum absolute atomic E-state index is 0.850. The zero-order valence-corrected chi connectivity index (χ0v) is 12.2. The van der Waals surface area contributed by atoms with Crippen molar-refractivity contribution in [1.29, 1.82) is 0 Å². The maximum atomic E-state index is 5.68. The minimum atomic E-state index is 0.850. The first-order chi connectivity index (χ1) is 9.28. The fourth-order valence-electron chi connectivity index (χ4n) is 2.19. The average molecular weight is 262 g/mol. The molecule has 1 aliphatic rings. The molecular weight excluding hydrogens is 236 g/mol. The Morgan fingerprint density at radius 3 is 2.84 bits per heavy atom. The van der Waals surface area contributed by atoms with E-state index >= 15 is 0 Å². The third-order valence-electron chi connectivity index (χ3n) is 3.49. The third kappa shape index (κ3) is 5.72. The molecule has 1 saturated carbocycles. The van der Waals surface area contributed by atoms with Gasteiger partial charge in [0.1, 0.15) is 0 Å². The number of hydrogen-bond donors (Lipinski definition) is 1. The van der Waals surface area contributed by atoms with E-state index in [1.54, 1.807) is 0 Å². The van der Waals surface area contributed by atoms with E-state index in [0.717, 1.165) is 38.8 Å². The van der Waals surface area contributed by atoms with Crippen LogP contribution in [0.5, 0.6) is 0 Å². The summed E-state index contributed by atoms with van der Waals surface area (Å²) < 4.78 is 5.68. The van der Waals surface area contributed by atoms with Gasteiger partial charge >= 0.3 is 0 Å². The summed E-state index contributed by atoms with van der Waals surface area (Å²) in [5.41, 5.74) is 2.72. The molecule has 0 aliphatic heterocycles. The molecule has 0 heterocycles. The molecule has 0 spiro atoms. The largest absolute Gasteiger partial charge is 0.380 e. The van der Waals surface area contributed by atoms with Crippen molar-refractivity contribution in [2.75, 3.05) is 33.9 Å². The van der Waals surface area contributed by atoms with E-state index in [1.807, 2.05) is 7.05 Å². The SMILES string of the molecule is CNCc1cccc(CN(C)CCOCC2CC2)c1. The molecule has 2 rings (SSSR count). The van der Waals surface area contributed by atoms with Gasteiger partial charge in [-0.15, -0.1) is 0 Å². The van der Waals surface area contributed by atoms with Crippen LogP contribution in [0.1, 0.15) is 24.0 Å². The first kappa shape index (κ1) is 14.5. The van der Waals surface area contributed by atoms with Gasteiger partial charge in [-0.1, -0.05) is 24.3 Å². The summed E-state index contributed by atoms with van der Waals surface area (Å²) in [6.45, 7) is 4.74. The van der Waals surface area contributed by atoms with Crippen molar-refractivity contribution < 1.29 is 4.74 Å². The monoisotopic (exact) mass is 262 g/mol. The summed E-state index contributed by atoms with van der Waals surface area (Å²) in [7, 11) is 4.14. The molecule has 1 aromatic rings. The van der Waals surface area contributed by atoms with Gasteiger partial charge in [0.05, 0.1) is 6.61 Å². The third-order valence-corrected chi connectivity index (χ3v) is 3.49. The molecule has 3 heteroatoms. The van der Waals surface area contributed by atoms with Crippen LogP contribution >= 0.6 is 0 Å². The van der Waals surface area contributed by atoms with Crippen molar-refractivity contribution in [2.24, 2.45) is 5.92 Å². The molecule has 0 bridgehead atoms. The highest BCUT2D eigenvalue weighted by Crippen LogP contribution is 2.28. The lowest BCUT2D eigenvalue weighted by Gasteiger charge is -2.17. The van der Waals surface area contributed by atoms with Crippen LogP contribution in [-0.4, -0.2) is 38.8 Å². The quantitative estimate of drug-likeness (QED) is 0.691. The number of nitrogens with one attached hydrogen (secondary N) is 1. The van der Waals surface area contributed by atoms with E-state index in [1.165, 1.54) is 24.0 Å². The zero-order chi connectivity index (χ0) is 13.5. The van der Waals surface area contributed by atoms with Gasteiger partial charge < -0.3 is 10.1 Å². The average Bonchev–Trinajstić information content (AvgIpc) is 3.20. The van der Waals surface area contributed by atoms with E-state index in [-0.39, 0.29) is 0 Å². The van der Waals surface area contributed by atoms with Gasteiger partial charge in [-0.05, 0) is 44.0 Å². The molecule has 0 amide bonds. The van der Waals surface area contributed by atoms with Crippen LogP contribution in [0.4, 0.5) is 0 Å². The molecule has 1 fully saturated rings. The molecular formula is C16H26N2O. The Kier molecular flexibility index (Phi) is 5.83. The van der Waals surface area contributed by atoms with Crippen LogP contribution < -0.4 is 5.32 Å². The Bertz CT molecular complexity index is 377. The van der Waals surface area contributed by atoms with E-state index < -0.39 is 0 Å². The predicted molar refractivity (Wildman–Crippen MR) is 79.1 cm³/mol. The molecule has 0 radical (unpaired) electrons.